The smallest absolute Gasteiger partial charge is 0.193 e. The van der Waals surface area contributed by atoms with Crippen LogP contribution >= 0.6 is 15.9 Å². The van der Waals surface area contributed by atoms with Gasteiger partial charge in [0.2, 0.25) is 0 Å². The molecule has 1 nitrogen and oxygen atoms in total. The second-order valence-corrected chi connectivity index (χ2v) is 3.78. The number of benzene rings is 2. The summed E-state index contributed by atoms with van der Waals surface area (Å²) in [6.07, 6.45) is 0. The van der Waals surface area contributed by atoms with Crippen LogP contribution in [0, 0.1) is 0 Å². The maximum absolute atomic E-state index is 11.4. The maximum atomic E-state index is 11.4. The Balaban J connectivity index is 2.58. The van der Waals surface area contributed by atoms with E-state index in [1.807, 2.05) is 36.4 Å². The zero-order valence-corrected chi connectivity index (χ0v) is 8.99. The summed E-state index contributed by atoms with van der Waals surface area (Å²) in [4.78, 5) is 0. The van der Waals surface area contributed by atoms with Gasteiger partial charge in [-0.25, -0.2) is 0 Å². The quantitative estimate of drug-likeness (QED) is 0.718. The minimum atomic E-state index is 0.0198. The topological polar surface area (TPSA) is 19.9 Å². The average molecular weight is 248 g/mol. The largest absolute Gasteiger partial charge is 0.289 e. The first kappa shape index (κ1) is 9.28. The van der Waals surface area contributed by atoms with E-state index in [1.54, 1.807) is 12.1 Å². The molecular weight excluding hydrogens is 240 g/mol. The van der Waals surface area contributed by atoms with E-state index in [0.29, 0.717) is 4.47 Å². The fraction of sp³-hybridized carbons (Fsp3) is 0. The molecule has 0 saturated heterocycles. The summed E-state index contributed by atoms with van der Waals surface area (Å²) in [6.45, 7) is 0. The molecule has 0 N–H and O–H groups in total. The van der Waals surface area contributed by atoms with Gasteiger partial charge in [0.25, 0.3) is 0 Å². The Morgan fingerprint density at radius 2 is 1.57 bits per heavy atom. The van der Waals surface area contributed by atoms with E-state index in [1.165, 1.54) is 0 Å². The van der Waals surface area contributed by atoms with Crippen molar-refractivity contribution >= 4 is 15.9 Å². The monoisotopic (exact) mass is 247 g/mol. The van der Waals surface area contributed by atoms with Gasteiger partial charge in [-0.3, -0.25) is 5.11 Å². The Morgan fingerprint density at radius 1 is 0.857 bits per heavy atom. The van der Waals surface area contributed by atoms with Gasteiger partial charge in [-0.2, -0.15) is 0 Å². The molecule has 0 amide bonds. The van der Waals surface area contributed by atoms with Gasteiger partial charge < -0.3 is 0 Å². The van der Waals surface area contributed by atoms with Crippen molar-refractivity contribution in [3.05, 3.63) is 53.0 Å². The lowest BCUT2D eigenvalue weighted by atomic mass is 10.1. The molecular formula is C12H8BrO. The molecule has 0 bridgehead atoms. The summed E-state index contributed by atoms with van der Waals surface area (Å²) in [5.74, 6) is 0.0198. The molecule has 0 aliphatic carbocycles. The van der Waals surface area contributed by atoms with Crippen molar-refractivity contribution in [1.82, 2.24) is 0 Å². The van der Waals surface area contributed by atoms with E-state index in [-0.39, 0.29) is 5.75 Å². The number of halogens is 1. The molecule has 0 aliphatic rings. The van der Waals surface area contributed by atoms with Crippen LogP contribution in [0.2, 0.25) is 0 Å². The Hall–Kier alpha value is -1.28. The second kappa shape index (κ2) is 3.84. The van der Waals surface area contributed by atoms with Crippen LogP contribution in [-0.2, 0) is 5.11 Å². The number of rotatable bonds is 1. The van der Waals surface area contributed by atoms with Gasteiger partial charge in [-0.1, -0.05) is 42.5 Å². The third-order valence-corrected chi connectivity index (χ3v) is 2.87. The van der Waals surface area contributed by atoms with Crippen molar-refractivity contribution in [3.8, 4) is 16.9 Å². The van der Waals surface area contributed by atoms with E-state index in [2.05, 4.69) is 15.9 Å². The van der Waals surface area contributed by atoms with Crippen LogP contribution in [0.25, 0.3) is 11.1 Å². The Morgan fingerprint density at radius 3 is 2.29 bits per heavy atom. The van der Waals surface area contributed by atoms with E-state index >= 15 is 0 Å². The van der Waals surface area contributed by atoms with Crippen LogP contribution in [0.5, 0.6) is 5.75 Å². The van der Waals surface area contributed by atoms with E-state index in [4.69, 9.17) is 0 Å². The van der Waals surface area contributed by atoms with Crippen molar-refractivity contribution in [2.45, 2.75) is 0 Å². The van der Waals surface area contributed by atoms with Crippen LogP contribution in [0.3, 0.4) is 0 Å². The fourth-order valence-electron chi connectivity index (χ4n) is 1.35. The second-order valence-electron chi connectivity index (χ2n) is 2.98. The first-order valence-electron chi connectivity index (χ1n) is 4.30. The Bertz CT molecular complexity index is 437. The van der Waals surface area contributed by atoms with E-state index in [9.17, 15) is 5.11 Å². The molecule has 2 aromatic carbocycles. The molecule has 2 rings (SSSR count). The molecule has 0 spiro atoms. The van der Waals surface area contributed by atoms with Gasteiger partial charge in [0, 0.05) is 0 Å². The molecule has 2 aromatic rings. The van der Waals surface area contributed by atoms with Crippen LogP contribution in [0.15, 0.2) is 53.0 Å². The van der Waals surface area contributed by atoms with Gasteiger partial charge in [0.15, 0.2) is 5.75 Å². The van der Waals surface area contributed by atoms with Gasteiger partial charge in [0.05, 0.1) is 4.47 Å². The lowest BCUT2D eigenvalue weighted by Gasteiger charge is -2.04. The highest BCUT2D eigenvalue weighted by Gasteiger charge is 2.06. The third kappa shape index (κ3) is 1.66. The lowest BCUT2D eigenvalue weighted by molar-refractivity contribution is 0.352. The molecule has 14 heavy (non-hydrogen) atoms. The summed E-state index contributed by atoms with van der Waals surface area (Å²) in [7, 11) is 0. The summed E-state index contributed by atoms with van der Waals surface area (Å²) < 4.78 is 0.631. The molecule has 0 unspecified atom stereocenters. The number of hydrogen-bond acceptors (Lipinski definition) is 0. The van der Waals surface area contributed by atoms with E-state index < -0.39 is 0 Å². The van der Waals surface area contributed by atoms with Gasteiger partial charge in [-0.15, -0.1) is 0 Å². The highest BCUT2D eigenvalue weighted by molar-refractivity contribution is 9.10. The minimum absolute atomic E-state index is 0.0198. The van der Waals surface area contributed by atoms with Gasteiger partial charge in [-0.05, 0) is 33.1 Å². The minimum Gasteiger partial charge on any atom is -0.289 e. The molecule has 1 radical (unpaired) electrons. The van der Waals surface area contributed by atoms with Gasteiger partial charge in [0.1, 0.15) is 0 Å². The first-order chi connectivity index (χ1) is 6.79. The molecule has 0 aromatic heterocycles. The third-order valence-electron chi connectivity index (χ3n) is 2.05. The summed E-state index contributed by atoms with van der Waals surface area (Å²) in [6, 6.07) is 15.1. The van der Waals surface area contributed by atoms with Crippen molar-refractivity contribution in [2.75, 3.05) is 0 Å². The SMILES string of the molecule is [O]c1cccc(-c2ccccc2)c1Br. The predicted octanol–water partition coefficient (Wildman–Crippen LogP) is 4.26. The standard InChI is InChI=1S/C12H8BrO/c13-12-10(7-4-8-11(12)14)9-5-2-1-3-6-9/h1-8H. The molecule has 69 valence electrons. The average Bonchev–Trinajstić information content (AvgIpc) is 2.23. The number of hydrogen-bond donors (Lipinski definition) is 0. The van der Waals surface area contributed by atoms with Gasteiger partial charge >= 0.3 is 0 Å². The fourth-order valence-corrected chi connectivity index (χ4v) is 1.84. The van der Waals surface area contributed by atoms with Crippen LogP contribution in [0.1, 0.15) is 0 Å². The molecule has 0 saturated carbocycles. The van der Waals surface area contributed by atoms with Crippen molar-refractivity contribution < 1.29 is 5.11 Å². The maximum Gasteiger partial charge on any atom is 0.193 e. The van der Waals surface area contributed by atoms with Crippen molar-refractivity contribution in [1.29, 1.82) is 0 Å². The molecule has 0 atom stereocenters. The predicted molar refractivity (Wildman–Crippen MR) is 59.7 cm³/mol. The molecule has 2 heteroatoms. The first-order valence-corrected chi connectivity index (χ1v) is 5.09. The molecule has 0 heterocycles. The van der Waals surface area contributed by atoms with Crippen molar-refractivity contribution in [3.63, 3.8) is 0 Å². The summed E-state index contributed by atoms with van der Waals surface area (Å²) in [5, 5.41) is 11.4. The van der Waals surface area contributed by atoms with Crippen molar-refractivity contribution in [2.24, 2.45) is 0 Å². The normalized spacial score (nSPS) is 10.1. The Labute approximate surface area is 91.2 Å². The summed E-state index contributed by atoms with van der Waals surface area (Å²) in [5.41, 5.74) is 2.00. The highest BCUT2D eigenvalue weighted by Crippen LogP contribution is 2.34. The lowest BCUT2D eigenvalue weighted by Crippen LogP contribution is -1.78. The Kier molecular flexibility index (Phi) is 2.55. The van der Waals surface area contributed by atoms with Crippen LogP contribution in [-0.4, -0.2) is 0 Å². The van der Waals surface area contributed by atoms with E-state index in [0.717, 1.165) is 11.1 Å². The summed E-state index contributed by atoms with van der Waals surface area (Å²) >= 11 is 3.30. The molecule has 0 aliphatic heterocycles. The zero-order chi connectivity index (χ0) is 9.97. The van der Waals surface area contributed by atoms with Crippen LogP contribution in [0.4, 0.5) is 0 Å². The highest BCUT2D eigenvalue weighted by atomic mass is 79.9. The van der Waals surface area contributed by atoms with Crippen LogP contribution < -0.4 is 0 Å². The zero-order valence-electron chi connectivity index (χ0n) is 7.41. The molecule has 0 fully saturated rings.